The topological polar surface area (TPSA) is 54.5 Å². The van der Waals surface area contributed by atoms with Gasteiger partial charge >= 0.3 is 0 Å². The quantitative estimate of drug-likeness (QED) is 0.861. The molecule has 2 heterocycles. The molecule has 0 spiro atoms. The third-order valence-corrected chi connectivity index (χ3v) is 4.33. The fourth-order valence-electron chi connectivity index (χ4n) is 2.29. The predicted molar refractivity (Wildman–Crippen MR) is 94.4 cm³/mol. The molecule has 1 saturated heterocycles. The van der Waals surface area contributed by atoms with Crippen LogP contribution < -0.4 is 10.2 Å². The van der Waals surface area contributed by atoms with Gasteiger partial charge in [-0.1, -0.05) is 27.5 Å². The number of aromatic nitrogens is 1. The number of pyridine rings is 1. The second-order valence-corrected chi connectivity index (χ2v) is 6.41. The Morgan fingerprint density at radius 3 is 2.70 bits per heavy atom. The number of anilines is 2. The fourth-order valence-corrected chi connectivity index (χ4v) is 3.01. The average molecular weight is 397 g/mol. The molecular formula is C16H15BrClN3O2. The summed E-state index contributed by atoms with van der Waals surface area (Å²) >= 11 is 9.44. The number of nitrogens with one attached hydrogen (secondary N) is 1. The average Bonchev–Trinajstić information content (AvgIpc) is 2.58. The smallest absolute Gasteiger partial charge is 0.257 e. The molecule has 1 fully saturated rings. The number of halogens is 2. The maximum atomic E-state index is 12.3. The number of hydrogen-bond donors (Lipinski definition) is 1. The van der Waals surface area contributed by atoms with E-state index in [1.807, 2.05) is 12.1 Å². The molecule has 1 aliphatic heterocycles. The molecule has 1 aliphatic rings. The number of ether oxygens (including phenoxy) is 1. The minimum atomic E-state index is -0.241. The molecule has 1 aromatic carbocycles. The van der Waals surface area contributed by atoms with E-state index >= 15 is 0 Å². The maximum Gasteiger partial charge on any atom is 0.257 e. The Hall–Kier alpha value is -1.63. The number of rotatable bonds is 3. The zero-order chi connectivity index (χ0) is 16.2. The molecular weight excluding hydrogens is 382 g/mol. The van der Waals surface area contributed by atoms with Crippen LogP contribution in [-0.4, -0.2) is 37.2 Å². The highest BCUT2D eigenvalue weighted by atomic mass is 79.9. The van der Waals surface area contributed by atoms with Crippen LogP contribution in [0.5, 0.6) is 0 Å². The number of hydrogen-bond acceptors (Lipinski definition) is 4. The second kappa shape index (κ2) is 7.29. The normalized spacial score (nSPS) is 14.6. The maximum absolute atomic E-state index is 12.3. The lowest BCUT2D eigenvalue weighted by Crippen LogP contribution is -2.36. The van der Waals surface area contributed by atoms with E-state index in [2.05, 4.69) is 31.1 Å². The summed E-state index contributed by atoms with van der Waals surface area (Å²) in [6.07, 6.45) is 1.58. The summed E-state index contributed by atoms with van der Waals surface area (Å²) in [6, 6.07) is 8.92. The van der Waals surface area contributed by atoms with Crippen molar-refractivity contribution in [2.75, 3.05) is 36.5 Å². The number of morpholine rings is 1. The van der Waals surface area contributed by atoms with Gasteiger partial charge in [0.1, 0.15) is 5.82 Å². The van der Waals surface area contributed by atoms with Gasteiger partial charge in [0.15, 0.2) is 0 Å². The summed E-state index contributed by atoms with van der Waals surface area (Å²) in [6.45, 7) is 3.03. The Morgan fingerprint density at radius 1 is 1.26 bits per heavy atom. The molecule has 120 valence electrons. The summed E-state index contributed by atoms with van der Waals surface area (Å²) in [5.41, 5.74) is 1.05. The number of carbonyl (C=O) groups excluding carboxylic acids is 1. The van der Waals surface area contributed by atoms with E-state index < -0.39 is 0 Å². The first-order chi connectivity index (χ1) is 11.1. The lowest BCUT2D eigenvalue weighted by molar-refractivity contribution is 0.102. The van der Waals surface area contributed by atoms with Crippen LogP contribution in [0.3, 0.4) is 0 Å². The van der Waals surface area contributed by atoms with Crippen LogP contribution in [0.15, 0.2) is 41.0 Å². The molecule has 0 bridgehead atoms. The number of benzene rings is 1. The van der Waals surface area contributed by atoms with Crippen molar-refractivity contribution in [2.24, 2.45) is 0 Å². The van der Waals surface area contributed by atoms with Crippen LogP contribution in [0.1, 0.15) is 10.4 Å². The van der Waals surface area contributed by atoms with E-state index in [4.69, 9.17) is 16.3 Å². The van der Waals surface area contributed by atoms with Gasteiger partial charge in [0.25, 0.3) is 5.91 Å². The second-order valence-electron chi connectivity index (χ2n) is 5.08. The van der Waals surface area contributed by atoms with Gasteiger partial charge in [-0.3, -0.25) is 4.79 Å². The lowest BCUT2D eigenvalue weighted by Gasteiger charge is -2.27. The molecule has 7 heteroatoms. The van der Waals surface area contributed by atoms with Crippen LogP contribution in [0, 0.1) is 0 Å². The molecule has 0 radical (unpaired) electrons. The van der Waals surface area contributed by atoms with Crippen LogP contribution in [0.25, 0.3) is 0 Å². The Kier molecular flexibility index (Phi) is 5.15. The summed E-state index contributed by atoms with van der Waals surface area (Å²) in [7, 11) is 0. The van der Waals surface area contributed by atoms with Crippen LogP contribution in [0.4, 0.5) is 11.5 Å². The Labute approximate surface area is 147 Å². The van der Waals surface area contributed by atoms with Gasteiger partial charge in [0.05, 0.1) is 29.5 Å². The van der Waals surface area contributed by atoms with Crippen LogP contribution in [0.2, 0.25) is 5.02 Å². The van der Waals surface area contributed by atoms with E-state index in [0.29, 0.717) is 29.5 Å². The Balaban J connectivity index is 1.69. The SMILES string of the molecule is O=C(Nc1ccc(Br)cc1Cl)c1ccc(N2CCOCC2)nc1. The van der Waals surface area contributed by atoms with Crippen molar-refractivity contribution >= 4 is 44.9 Å². The van der Waals surface area contributed by atoms with Gasteiger partial charge in [-0.25, -0.2) is 4.98 Å². The van der Waals surface area contributed by atoms with Crippen molar-refractivity contribution in [1.82, 2.24) is 4.98 Å². The molecule has 1 amide bonds. The van der Waals surface area contributed by atoms with Crippen molar-refractivity contribution in [3.8, 4) is 0 Å². The van der Waals surface area contributed by atoms with Crippen molar-refractivity contribution in [2.45, 2.75) is 0 Å². The van der Waals surface area contributed by atoms with Crippen LogP contribution in [-0.2, 0) is 4.74 Å². The number of amides is 1. The highest BCUT2D eigenvalue weighted by Crippen LogP contribution is 2.26. The summed E-state index contributed by atoms with van der Waals surface area (Å²) < 4.78 is 6.18. The molecule has 1 aromatic heterocycles. The molecule has 0 aliphatic carbocycles. The molecule has 0 atom stereocenters. The van der Waals surface area contributed by atoms with Gasteiger partial charge in [-0.15, -0.1) is 0 Å². The predicted octanol–water partition coefficient (Wildman–Crippen LogP) is 3.59. The van der Waals surface area contributed by atoms with Crippen molar-refractivity contribution in [3.63, 3.8) is 0 Å². The number of nitrogens with zero attached hydrogens (tertiary/aromatic N) is 2. The van der Waals surface area contributed by atoms with E-state index in [1.54, 1.807) is 24.4 Å². The zero-order valence-electron chi connectivity index (χ0n) is 12.3. The largest absolute Gasteiger partial charge is 0.378 e. The first-order valence-electron chi connectivity index (χ1n) is 7.18. The lowest BCUT2D eigenvalue weighted by atomic mass is 10.2. The van der Waals surface area contributed by atoms with Gasteiger partial charge in [-0.05, 0) is 30.3 Å². The summed E-state index contributed by atoms with van der Waals surface area (Å²) in [5.74, 6) is 0.613. The van der Waals surface area contributed by atoms with Crippen molar-refractivity contribution in [3.05, 3.63) is 51.6 Å². The number of carbonyl (C=O) groups is 1. The molecule has 2 aromatic rings. The first kappa shape index (κ1) is 16.2. The molecule has 23 heavy (non-hydrogen) atoms. The first-order valence-corrected chi connectivity index (χ1v) is 8.36. The highest BCUT2D eigenvalue weighted by molar-refractivity contribution is 9.10. The minimum absolute atomic E-state index is 0.241. The minimum Gasteiger partial charge on any atom is -0.378 e. The van der Waals surface area contributed by atoms with Gasteiger partial charge < -0.3 is 15.0 Å². The van der Waals surface area contributed by atoms with Gasteiger partial charge in [0.2, 0.25) is 0 Å². The summed E-state index contributed by atoms with van der Waals surface area (Å²) in [5, 5.41) is 3.26. The van der Waals surface area contributed by atoms with Gasteiger partial charge in [-0.2, -0.15) is 0 Å². The Morgan fingerprint density at radius 2 is 2.04 bits per heavy atom. The van der Waals surface area contributed by atoms with E-state index in [1.165, 1.54) is 0 Å². The highest BCUT2D eigenvalue weighted by Gasteiger charge is 2.14. The monoisotopic (exact) mass is 395 g/mol. The summed E-state index contributed by atoms with van der Waals surface area (Å²) in [4.78, 5) is 18.8. The molecule has 0 unspecified atom stereocenters. The van der Waals surface area contributed by atoms with Gasteiger partial charge in [0, 0.05) is 23.8 Å². The molecule has 1 N–H and O–H groups in total. The third kappa shape index (κ3) is 4.02. The molecule has 5 nitrogen and oxygen atoms in total. The van der Waals surface area contributed by atoms with E-state index in [-0.39, 0.29) is 5.91 Å². The molecule has 0 saturated carbocycles. The zero-order valence-corrected chi connectivity index (χ0v) is 14.6. The van der Waals surface area contributed by atoms with E-state index in [0.717, 1.165) is 23.4 Å². The Bertz CT molecular complexity index is 703. The van der Waals surface area contributed by atoms with Crippen LogP contribution >= 0.6 is 27.5 Å². The fraction of sp³-hybridized carbons (Fsp3) is 0.250. The standard InChI is InChI=1S/C16H15BrClN3O2/c17-12-2-3-14(13(18)9-12)20-16(22)11-1-4-15(19-10-11)21-5-7-23-8-6-21/h1-4,9-10H,5-8H2,(H,20,22). The molecule has 3 rings (SSSR count). The third-order valence-electron chi connectivity index (χ3n) is 3.52. The van der Waals surface area contributed by atoms with Crippen molar-refractivity contribution in [1.29, 1.82) is 0 Å². The van der Waals surface area contributed by atoms with E-state index in [9.17, 15) is 4.79 Å². The van der Waals surface area contributed by atoms with Crippen molar-refractivity contribution < 1.29 is 9.53 Å².